The van der Waals surface area contributed by atoms with Crippen LogP contribution in [0.4, 0.5) is 5.69 Å². The number of nitrogens with one attached hydrogen (secondary N) is 2. The number of H-pyrrole nitrogens is 1. The molecule has 0 unspecified atom stereocenters. The SMILES string of the molecule is CC.Cc1cc(-n2ncc(=O)[nH]c2=O)cc(C)c1Cc1ccc2c(c1)C1(CC1)C(=O)N2. The molecule has 0 saturated heterocycles. The average molecular weight is 418 g/mol. The molecular weight excluding hydrogens is 392 g/mol. The summed E-state index contributed by atoms with van der Waals surface area (Å²) >= 11 is 0. The number of amides is 1. The number of aryl methyl sites for hydroxylation is 2. The maximum atomic E-state index is 12.2. The number of aromatic nitrogens is 3. The molecular formula is C24H26N4O3. The van der Waals surface area contributed by atoms with Gasteiger partial charge in [0.1, 0.15) is 6.20 Å². The lowest BCUT2D eigenvalue weighted by atomic mass is 9.91. The van der Waals surface area contributed by atoms with Gasteiger partial charge in [0.05, 0.1) is 11.1 Å². The van der Waals surface area contributed by atoms with Crippen molar-refractivity contribution in [2.75, 3.05) is 5.32 Å². The van der Waals surface area contributed by atoms with Crippen molar-refractivity contribution in [2.24, 2.45) is 0 Å². The van der Waals surface area contributed by atoms with E-state index in [0.29, 0.717) is 5.69 Å². The number of carbonyl (C=O) groups excluding carboxylic acids is 1. The molecule has 1 fully saturated rings. The van der Waals surface area contributed by atoms with Crippen molar-refractivity contribution in [3.63, 3.8) is 0 Å². The standard InChI is InChI=1S/C22H20N4O3.C2H6/c1-12-7-15(26-21(29)25-19(27)11-23-26)8-13(2)16(12)9-14-3-4-18-17(10-14)22(5-6-22)20(28)24-18;1-2/h3-4,7-8,10-11H,5-6,9H2,1-2H3,(H,24,28)(H,25,27,29);1-2H3. The van der Waals surface area contributed by atoms with Crippen LogP contribution in [0.2, 0.25) is 0 Å². The van der Waals surface area contributed by atoms with Crippen LogP contribution >= 0.6 is 0 Å². The molecule has 0 bridgehead atoms. The van der Waals surface area contributed by atoms with Gasteiger partial charge in [-0.05, 0) is 79.1 Å². The summed E-state index contributed by atoms with van der Waals surface area (Å²) in [6, 6.07) is 10.0. The van der Waals surface area contributed by atoms with Gasteiger partial charge in [-0.3, -0.25) is 14.6 Å². The van der Waals surface area contributed by atoms with Crippen LogP contribution in [0.3, 0.4) is 0 Å². The third-order valence-corrected chi connectivity index (χ3v) is 6.05. The van der Waals surface area contributed by atoms with Crippen molar-refractivity contribution in [2.45, 2.75) is 52.4 Å². The fourth-order valence-corrected chi connectivity index (χ4v) is 4.30. The minimum Gasteiger partial charge on any atom is -0.325 e. The Labute approximate surface area is 180 Å². The van der Waals surface area contributed by atoms with Crippen LogP contribution in [0.1, 0.15) is 54.5 Å². The highest BCUT2D eigenvalue weighted by Gasteiger charge is 2.56. The summed E-state index contributed by atoms with van der Waals surface area (Å²) in [5, 5.41) is 6.93. The number of anilines is 1. The van der Waals surface area contributed by atoms with E-state index in [1.54, 1.807) is 0 Å². The zero-order chi connectivity index (χ0) is 22.3. The minimum absolute atomic E-state index is 0.125. The van der Waals surface area contributed by atoms with Crippen LogP contribution in [-0.2, 0) is 16.6 Å². The summed E-state index contributed by atoms with van der Waals surface area (Å²) < 4.78 is 1.19. The average Bonchev–Trinajstić information content (AvgIpc) is 3.50. The Kier molecular flexibility index (Phi) is 5.13. The van der Waals surface area contributed by atoms with E-state index >= 15 is 0 Å². The molecule has 2 aromatic carbocycles. The molecule has 2 heterocycles. The Morgan fingerprint density at radius 3 is 2.32 bits per heavy atom. The molecule has 1 amide bonds. The molecule has 1 spiro atoms. The summed E-state index contributed by atoms with van der Waals surface area (Å²) in [4.78, 5) is 37.8. The Bertz CT molecular complexity index is 1280. The summed E-state index contributed by atoms with van der Waals surface area (Å²) in [6.07, 6.45) is 3.67. The van der Waals surface area contributed by atoms with Gasteiger partial charge in [0.25, 0.3) is 5.56 Å². The summed E-state index contributed by atoms with van der Waals surface area (Å²) in [5.74, 6) is 0.125. The summed E-state index contributed by atoms with van der Waals surface area (Å²) in [6.45, 7) is 8.01. The number of aromatic amines is 1. The highest BCUT2D eigenvalue weighted by atomic mass is 16.2. The first-order valence-corrected chi connectivity index (χ1v) is 10.6. The number of rotatable bonds is 3. The van der Waals surface area contributed by atoms with Gasteiger partial charge in [0.15, 0.2) is 0 Å². The number of fused-ring (bicyclic) bond motifs is 2. The number of hydrogen-bond acceptors (Lipinski definition) is 4. The lowest BCUT2D eigenvalue weighted by Gasteiger charge is -2.14. The van der Waals surface area contributed by atoms with Gasteiger partial charge in [-0.1, -0.05) is 26.0 Å². The predicted octanol–water partition coefficient (Wildman–Crippen LogP) is 3.14. The van der Waals surface area contributed by atoms with Crippen molar-refractivity contribution < 1.29 is 4.79 Å². The zero-order valence-electron chi connectivity index (χ0n) is 18.2. The monoisotopic (exact) mass is 418 g/mol. The molecule has 1 aliphatic heterocycles. The van der Waals surface area contributed by atoms with Gasteiger partial charge in [0, 0.05) is 5.69 Å². The molecule has 1 aliphatic carbocycles. The van der Waals surface area contributed by atoms with E-state index in [1.807, 2.05) is 45.9 Å². The van der Waals surface area contributed by atoms with Gasteiger partial charge in [0.2, 0.25) is 5.91 Å². The highest BCUT2D eigenvalue weighted by molar-refractivity contribution is 6.08. The van der Waals surface area contributed by atoms with Gasteiger partial charge < -0.3 is 5.32 Å². The highest BCUT2D eigenvalue weighted by Crippen LogP contribution is 2.55. The van der Waals surface area contributed by atoms with Crippen LogP contribution in [0.5, 0.6) is 0 Å². The topological polar surface area (TPSA) is 96.8 Å². The van der Waals surface area contributed by atoms with Crippen molar-refractivity contribution in [3.05, 3.63) is 85.2 Å². The Hall–Kier alpha value is -3.48. The van der Waals surface area contributed by atoms with E-state index in [0.717, 1.165) is 53.4 Å². The lowest BCUT2D eigenvalue weighted by molar-refractivity contribution is -0.117. The first-order chi connectivity index (χ1) is 14.9. The molecule has 1 saturated carbocycles. The van der Waals surface area contributed by atoms with E-state index in [9.17, 15) is 14.4 Å². The molecule has 0 atom stereocenters. The predicted molar refractivity (Wildman–Crippen MR) is 120 cm³/mol. The summed E-state index contributed by atoms with van der Waals surface area (Å²) in [5.41, 5.74) is 5.70. The van der Waals surface area contributed by atoms with Gasteiger partial charge in [-0.25, -0.2) is 4.79 Å². The molecule has 160 valence electrons. The van der Waals surface area contributed by atoms with E-state index < -0.39 is 11.2 Å². The summed E-state index contributed by atoms with van der Waals surface area (Å²) in [7, 11) is 0. The van der Waals surface area contributed by atoms with Crippen molar-refractivity contribution in [1.29, 1.82) is 0 Å². The van der Waals surface area contributed by atoms with Gasteiger partial charge in [-0.2, -0.15) is 9.78 Å². The molecule has 31 heavy (non-hydrogen) atoms. The number of hydrogen-bond donors (Lipinski definition) is 2. The molecule has 5 rings (SSSR count). The maximum Gasteiger partial charge on any atom is 0.349 e. The molecule has 1 aromatic heterocycles. The third-order valence-electron chi connectivity index (χ3n) is 6.05. The zero-order valence-corrected chi connectivity index (χ0v) is 18.2. The van der Waals surface area contributed by atoms with Crippen LogP contribution < -0.4 is 16.6 Å². The van der Waals surface area contributed by atoms with Gasteiger partial charge >= 0.3 is 5.69 Å². The van der Waals surface area contributed by atoms with E-state index in [1.165, 1.54) is 10.2 Å². The quantitative estimate of drug-likeness (QED) is 0.683. The van der Waals surface area contributed by atoms with Crippen LogP contribution in [-0.4, -0.2) is 20.7 Å². The molecule has 2 N–H and O–H groups in total. The maximum absolute atomic E-state index is 12.2. The smallest absolute Gasteiger partial charge is 0.325 e. The second-order valence-corrected chi connectivity index (χ2v) is 8.00. The number of nitrogens with zero attached hydrogens (tertiary/aromatic N) is 2. The Morgan fingerprint density at radius 2 is 1.71 bits per heavy atom. The molecule has 7 nitrogen and oxygen atoms in total. The van der Waals surface area contributed by atoms with Crippen LogP contribution in [0, 0.1) is 13.8 Å². The second-order valence-electron chi connectivity index (χ2n) is 8.00. The van der Waals surface area contributed by atoms with Crippen molar-refractivity contribution in [1.82, 2.24) is 14.8 Å². The molecule has 0 radical (unpaired) electrons. The van der Waals surface area contributed by atoms with Crippen LogP contribution in [0.15, 0.2) is 46.1 Å². The Morgan fingerprint density at radius 1 is 1.03 bits per heavy atom. The second kappa shape index (κ2) is 7.65. The minimum atomic E-state index is -0.561. The fourth-order valence-electron chi connectivity index (χ4n) is 4.30. The normalized spacial score (nSPS) is 15.2. The van der Waals surface area contributed by atoms with E-state index in [2.05, 4.69) is 27.5 Å². The first-order valence-electron chi connectivity index (χ1n) is 10.6. The van der Waals surface area contributed by atoms with E-state index in [4.69, 9.17) is 0 Å². The number of benzene rings is 2. The van der Waals surface area contributed by atoms with Gasteiger partial charge in [-0.15, -0.1) is 0 Å². The fraction of sp³-hybridized carbons (Fsp3) is 0.333. The van der Waals surface area contributed by atoms with E-state index in [-0.39, 0.29) is 11.3 Å². The van der Waals surface area contributed by atoms with Crippen LogP contribution in [0.25, 0.3) is 5.69 Å². The number of carbonyl (C=O) groups is 1. The first kappa shape index (κ1) is 20.8. The lowest BCUT2D eigenvalue weighted by Crippen LogP contribution is -2.30. The van der Waals surface area contributed by atoms with Crippen molar-refractivity contribution in [3.8, 4) is 5.69 Å². The molecule has 7 heteroatoms. The van der Waals surface area contributed by atoms with Crippen molar-refractivity contribution >= 4 is 11.6 Å². The Balaban J connectivity index is 0.00000112. The third kappa shape index (κ3) is 3.50. The largest absolute Gasteiger partial charge is 0.349 e. The molecule has 3 aromatic rings. The molecule has 2 aliphatic rings.